The lowest BCUT2D eigenvalue weighted by molar-refractivity contribution is 0.110. The molecule has 0 radical (unpaired) electrons. The Kier molecular flexibility index (Phi) is 9.34. The number of nitrogens with zero attached hydrogens (tertiary/aromatic N) is 4. The lowest BCUT2D eigenvalue weighted by Crippen LogP contribution is -2.44. The Balaban J connectivity index is 1.70. The summed E-state index contributed by atoms with van der Waals surface area (Å²) >= 11 is 0. The van der Waals surface area contributed by atoms with Crippen LogP contribution in [0.1, 0.15) is 61.8 Å². The second-order valence-electron chi connectivity index (χ2n) is 8.38. The first-order chi connectivity index (χ1) is 15.6. The second kappa shape index (κ2) is 12.4. The van der Waals surface area contributed by atoms with Gasteiger partial charge in [0, 0.05) is 25.3 Å². The first kappa shape index (κ1) is 24.0. The molecule has 0 aliphatic heterocycles. The van der Waals surface area contributed by atoms with Crippen LogP contribution < -0.4 is 15.4 Å². The first-order valence-corrected chi connectivity index (χ1v) is 11.8. The van der Waals surface area contributed by atoms with E-state index < -0.39 is 0 Å². The van der Waals surface area contributed by atoms with Gasteiger partial charge in [0.2, 0.25) is 0 Å². The van der Waals surface area contributed by atoms with Crippen molar-refractivity contribution >= 4 is 5.96 Å². The van der Waals surface area contributed by atoms with Crippen LogP contribution in [0.25, 0.3) is 0 Å². The number of ether oxygens (including phenoxy) is 2. The molecule has 1 aromatic heterocycles. The van der Waals surface area contributed by atoms with Crippen molar-refractivity contribution in [2.75, 3.05) is 19.8 Å². The molecule has 0 amide bonds. The molecule has 0 spiro atoms. The van der Waals surface area contributed by atoms with Crippen LogP contribution in [0.4, 0.5) is 0 Å². The predicted octanol–water partition coefficient (Wildman–Crippen LogP) is 3.42. The molecule has 3 rings (SSSR count). The third-order valence-corrected chi connectivity index (χ3v) is 5.86. The van der Waals surface area contributed by atoms with Crippen LogP contribution in [0, 0.1) is 13.8 Å². The number of benzene rings is 1. The fourth-order valence-corrected chi connectivity index (χ4v) is 3.81. The average Bonchev–Trinajstić information content (AvgIpc) is 3.12. The van der Waals surface area contributed by atoms with E-state index in [0.717, 1.165) is 28.9 Å². The van der Waals surface area contributed by atoms with Gasteiger partial charge in [-0.15, -0.1) is 10.2 Å². The molecule has 8 heteroatoms. The quantitative estimate of drug-likeness (QED) is 0.333. The van der Waals surface area contributed by atoms with E-state index >= 15 is 0 Å². The molecule has 1 saturated carbocycles. The number of hydrogen-bond donors (Lipinski definition) is 2. The maximum absolute atomic E-state index is 5.99. The van der Waals surface area contributed by atoms with Crippen LogP contribution in [0.2, 0.25) is 0 Å². The molecule has 8 nitrogen and oxygen atoms in total. The molecule has 176 valence electrons. The van der Waals surface area contributed by atoms with Gasteiger partial charge in [0.05, 0.1) is 19.7 Å². The molecule has 1 aromatic carbocycles. The van der Waals surface area contributed by atoms with Crippen LogP contribution in [0.15, 0.2) is 23.2 Å². The highest BCUT2D eigenvalue weighted by molar-refractivity contribution is 5.80. The van der Waals surface area contributed by atoms with Gasteiger partial charge in [-0.05, 0) is 45.2 Å². The van der Waals surface area contributed by atoms with Crippen molar-refractivity contribution in [3.05, 3.63) is 41.0 Å². The highest BCUT2D eigenvalue weighted by Gasteiger charge is 2.16. The molecule has 1 aliphatic carbocycles. The number of aromatic nitrogens is 3. The van der Waals surface area contributed by atoms with Gasteiger partial charge < -0.3 is 24.7 Å². The Morgan fingerprint density at radius 1 is 1.16 bits per heavy atom. The zero-order valence-corrected chi connectivity index (χ0v) is 20.0. The van der Waals surface area contributed by atoms with Gasteiger partial charge in [0.1, 0.15) is 18.2 Å². The maximum Gasteiger partial charge on any atom is 0.192 e. The standard InChI is InChI=1S/C24H38N6O2/c1-5-31-13-14-32-22-15-18(2)11-12-20(22)16-25-24(27-21-9-7-6-8-10-21)26-17-23-29-28-19(3)30(23)4/h11-12,15,21H,5-10,13-14,16-17H2,1-4H3,(H2,25,26,27). The van der Waals surface area contributed by atoms with E-state index in [4.69, 9.17) is 14.5 Å². The SMILES string of the molecule is CCOCCOc1cc(C)ccc1CN=C(NCc1nnc(C)n1C)NC1CCCCC1. The van der Waals surface area contributed by atoms with Gasteiger partial charge in [0.15, 0.2) is 11.8 Å². The van der Waals surface area contributed by atoms with Crippen molar-refractivity contribution in [2.24, 2.45) is 12.0 Å². The molecule has 0 atom stereocenters. The van der Waals surface area contributed by atoms with Gasteiger partial charge in [-0.3, -0.25) is 0 Å². The van der Waals surface area contributed by atoms with Crippen molar-refractivity contribution in [1.82, 2.24) is 25.4 Å². The maximum atomic E-state index is 5.99. The minimum Gasteiger partial charge on any atom is -0.491 e. The first-order valence-electron chi connectivity index (χ1n) is 11.8. The molecule has 2 aromatic rings. The monoisotopic (exact) mass is 442 g/mol. The zero-order valence-electron chi connectivity index (χ0n) is 20.0. The van der Waals surface area contributed by atoms with Crippen LogP contribution in [-0.2, 0) is 24.9 Å². The minimum absolute atomic E-state index is 0.455. The number of aliphatic imine (C=N–C) groups is 1. The van der Waals surface area contributed by atoms with Gasteiger partial charge in [0.25, 0.3) is 0 Å². The molecule has 1 fully saturated rings. The summed E-state index contributed by atoms with van der Waals surface area (Å²) in [7, 11) is 1.98. The summed E-state index contributed by atoms with van der Waals surface area (Å²) in [5, 5.41) is 15.5. The molecule has 1 aliphatic rings. The third-order valence-electron chi connectivity index (χ3n) is 5.86. The van der Waals surface area contributed by atoms with E-state index in [9.17, 15) is 0 Å². The minimum atomic E-state index is 0.455. The van der Waals surface area contributed by atoms with E-state index in [2.05, 4.69) is 46.0 Å². The van der Waals surface area contributed by atoms with Gasteiger partial charge >= 0.3 is 0 Å². The Morgan fingerprint density at radius 3 is 2.69 bits per heavy atom. The lowest BCUT2D eigenvalue weighted by Gasteiger charge is -2.25. The summed E-state index contributed by atoms with van der Waals surface area (Å²) in [5.41, 5.74) is 2.23. The normalized spacial score (nSPS) is 15.1. The molecule has 2 N–H and O–H groups in total. The predicted molar refractivity (Wildman–Crippen MR) is 127 cm³/mol. The third kappa shape index (κ3) is 7.22. The summed E-state index contributed by atoms with van der Waals surface area (Å²) in [6, 6.07) is 6.72. The van der Waals surface area contributed by atoms with E-state index in [0.29, 0.717) is 39.0 Å². The van der Waals surface area contributed by atoms with E-state index in [1.165, 1.54) is 37.7 Å². The van der Waals surface area contributed by atoms with Crippen LogP contribution >= 0.6 is 0 Å². The lowest BCUT2D eigenvalue weighted by atomic mass is 9.96. The summed E-state index contributed by atoms with van der Waals surface area (Å²) < 4.78 is 13.4. The molecule has 0 unspecified atom stereocenters. The Morgan fingerprint density at radius 2 is 1.97 bits per heavy atom. The summed E-state index contributed by atoms with van der Waals surface area (Å²) in [5.74, 6) is 3.46. The smallest absolute Gasteiger partial charge is 0.192 e. The Labute approximate surface area is 191 Å². The number of rotatable bonds is 10. The fraction of sp³-hybridized carbons (Fsp3) is 0.625. The summed E-state index contributed by atoms with van der Waals surface area (Å²) in [6.07, 6.45) is 6.22. The fourth-order valence-electron chi connectivity index (χ4n) is 3.81. The van der Waals surface area contributed by atoms with Crippen LogP contribution in [-0.4, -0.2) is 46.6 Å². The number of nitrogens with one attached hydrogen (secondary N) is 2. The molecule has 1 heterocycles. The van der Waals surface area contributed by atoms with Gasteiger partial charge in [-0.1, -0.05) is 31.4 Å². The average molecular weight is 443 g/mol. The molecule has 0 saturated heterocycles. The topological polar surface area (TPSA) is 85.6 Å². The summed E-state index contributed by atoms with van der Waals surface area (Å²) in [4.78, 5) is 4.90. The summed E-state index contributed by atoms with van der Waals surface area (Å²) in [6.45, 7) is 8.93. The highest BCUT2D eigenvalue weighted by atomic mass is 16.5. The van der Waals surface area contributed by atoms with Crippen LogP contribution in [0.5, 0.6) is 5.75 Å². The zero-order chi connectivity index (χ0) is 22.8. The van der Waals surface area contributed by atoms with E-state index in [1.54, 1.807) is 0 Å². The van der Waals surface area contributed by atoms with Crippen molar-refractivity contribution in [3.63, 3.8) is 0 Å². The Hall–Kier alpha value is -2.61. The van der Waals surface area contributed by atoms with Crippen LogP contribution in [0.3, 0.4) is 0 Å². The Bertz CT molecular complexity index is 873. The molecular formula is C24H38N6O2. The molecule has 0 bridgehead atoms. The molecule has 32 heavy (non-hydrogen) atoms. The van der Waals surface area contributed by atoms with Crippen molar-refractivity contribution in [3.8, 4) is 5.75 Å². The van der Waals surface area contributed by atoms with Crippen molar-refractivity contribution in [1.29, 1.82) is 0 Å². The van der Waals surface area contributed by atoms with Crippen molar-refractivity contribution < 1.29 is 9.47 Å². The van der Waals surface area contributed by atoms with Gasteiger partial charge in [-0.2, -0.15) is 0 Å². The largest absolute Gasteiger partial charge is 0.491 e. The van der Waals surface area contributed by atoms with E-state index in [1.807, 2.05) is 25.5 Å². The van der Waals surface area contributed by atoms with E-state index in [-0.39, 0.29) is 0 Å². The van der Waals surface area contributed by atoms with Crippen molar-refractivity contribution in [2.45, 2.75) is 72.0 Å². The number of hydrogen-bond acceptors (Lipinski definition) is 5. The molecular weight excluding hydrogens is 404 g/mol. The number of aryl methyl sites for hydroxylation is 2. The second-order valence-corrected chi connectivity index (χ2v) is 8.38. The highest BCUT2D eigenvalue weighted by Crippen LogP contribution is 2.22. The number of guanidine groups is 1. The van der Waals surface area contributed by atoms with Gasteiger partial charge in [-0.25, -0.2) is 4.99 Å².